The van der Waals surface area contributed by atoms with E-state index in [-0.39, 0.29) is 17.8 Å². The van der Waals surface area contributed by atoms with Gasteiger partial charge in [0.15, 0.2) is 0 Å². The number of aromatic nitrogens is 2. The molecule has 0 fully saturated rings. The van der Waals surface area contributed by atoms with Crippen molar-refractivity contribution in [2.75, 3.05) is 11.9 Å². The van der Waals surface area contributed by atoms with Gasteiger partial charge in [0.1, 0.15) is 29.5 Å². The molecule has 0 aromatic carbocycles. The molecule has 1 aliphatic rings. The lowest BCUT2D eigenvalue weighted by molar-refractivity contribution is -0.141. The first-order chi connectivity index (χ1) is 15.2. The number of aliphatic hydroxyl groups is 1. The van der Waals surface area contributed by atoms with Gasteiger partial charge in [-0.15, -0.1) is 0 Å². The summed E-state index contributed by atoms with van der Waals surface area (Å²) in [6, 6.07) is 4.17. The lowest BCUT2D eigenvalue weighted by Gasteiger charge is -2.25. The Morgan fingerprint density at radius 2 is 2.09 bits per heavy atom. The predicted octanol–water partition coefficient (Wildman–Crippen LogP) is 2.88. The van der Waals surface area contributed by atoms with E-state index in [1.54, 1.807) is 13.0 Å². The fourth-order valence-corrected chi connectivity index (χ4v) is 2.83. The van der Waals surface area contributed by atoms with Crippen molar-refractivity contribution in [2.24, 2.45) is 5.16 Å². The van der Waals surface area contributed by atoms with E-state index in [9.17, 15) is 27.9 Å². The number of nitrogens with zero attached hydrogens (tertiary/aromatic N) is 3. The molecule has 3 heterocycles. The topological polar surface area (TPSA) is 126 Å². The summed E-state index contributed by atoms with van der Waals surface area (Å²) in [5.74, 6) is -2.13. The van der Waals surface area contributed by atoms with Gasteiger partial charge in [0.25, 0.3) is 11.8 Å². The van der Waals surface area contributed by atoms with Gasteiger partial charge in [-0.1, -0.05) is 11.2 Å². The Balaban J connectivity index is 1.69. The molecular formula is C20H18F3N5O4. The number of amides is 2. The zero-order chi connectivity index (χ0) is 23.3. The monoisotopic (exact) mass is 449 g/mol. The average Bonchev–Trinajstić information content (AvgIpc) is 2.74. The molecule has 0 bridgehead atoms. The standard InChI is InChI=1S/C20H18F3N5O4/c1-2-32-26-9-11-3-6-16(25-8-11)28-19(31)17-14(29)7-13(27-18(17)30)12-4-5-15(24-10-12)20(21,22)23/h3-6,8-10,13,29H,2,7H2,1H3,(H,27,30)(H,25,28,31)/b26-9+/t13-/m0/s1. The van der Waals surface area contributed by atoms with Crippen molar-refractivity contribution < 1.29 is 32.7 Å². The molecule has 2 aromatic heterocycles. The largest absolute Gasteiger partial charge is 0.511 e. The van der Waals surface area contributed by atoms with Gasteiger partial charge in [-0.05, 0) is 30.7 Å². The van der Waals surface area contributed by atoms with Crippen LogP contribution in [0, 0.1) is 0 Å². The fourth-order valence-electron chi connectivity index (χ4n) is 2.83. The van der Waals surface area contributed by atoms with Crippen molar-refractivity contribution >= 4 is 23.8 Å². The maximum atomic E-state index is 12.7. The minimum atomic E-state index is -4.59. The minimum Gasteiger partial charge on any atom is -0.511 e. The van der Waals surface area contributed by atoms with Crippen molar-refractivity contribution in [3.63, 3.8) is 0 Å². The molecule has 32 heavy (non-hydrogen) atoms. The Labute approximate surface area is 180 Å². The van der Waals surface area contributed by atoms with Gasteiger partial charge in [0.2, 0.25) is 0 Å². The van der Waals surface area contributed by atoms with Crippen LogP contribution in [0.3, 0.4) is 0 Å². The van der Waals surface area contributed by atoms with Crippen LogP contribution in [0.25, 0.3) is 0 Å². The summed E-state index contributed by atoms with van der Waals surface area (Å²) in [6.07, 6.45) is -0.972. The van der Waals surface area contributed by atoms with Crippen molar-refractivity contribution in [3.8, 4) is 0 Å². The highest BCUT2D eigenvalue weighted by Crippen LogP contribution is 2.30. The van der Waals surface area contributed by atoms with Gasteiger partial charge in [0, 0.05) is 24.4 Å². The summed E-state index contributed by atoms with van der Waals surface area (Å²) < 4.78 is 38.0. The summed E-state index contributed by atoms with van der Waals surface area (Å²) >= 11 is 0. The molecule has 9 nitrogen and oxygen atoms in total. The van der Waals surface area contributed by atoms with Crippen LogP contribution >= 0.6 is 0 Å². The van der Waals surface area contributed by atoms with Crippen molar-refractivity contribution in [3.05, 3.63) is 64.8 Å². The molecule has 3 N–H and O–H groups in total. The molecule has 1 atom stereocenters. The summed E-state index contributed by atoms with van der Waals surface area (Å²) in [5, 5.41) is 18.8. The van der Waals surface area contributed by atoms with Gasteiger partial charge in [0.05, 0.1) is 12.3 Å². The van der Waals surface area contributed by atoms with Crippen molar-refractivity contribution in [1.29, 1.82) is 0 Å². The highest BCUT2D eigenvalue weighted by Gasteiger charge is 2.34. The molecule has 0 spiro atoms. The molecular weight excluding hydrogens is 431 g/mol. The van der Waals surface area contributed by atoms with E-state index in [2.05, 4.69) is 25.8 Å². The molecule has 0 saturated carbocycles. The normalized spacial score (nSPS) is 16.8. The van der Waals surface area contributed by atoms with Gasteiger partial charge in [-0.3, -0.25) is 14.6 Å². The Morgan fingerprint density at radius 1 is 1.31 bits per heavy atom. The third kappa shape index (κ3) is 5.39. The minimum absolute atomic E-state index is 0.130. The Bertz CT molecular complexity index is 1050. The molecule has 0 saturated heterocycles. The maximum absolute atomic E-state index is 12.7. The first-order valence-electron chi connectivity index (χ1n) is 9.38. The first-order valence-corrected chi connectivity index (χ1v) is 9.38. The number of alkyl halides is 3. The number of carbonyl (C=O) groups excluding carboxylic acids is 2. The maximum Gasteiger partial charge on any atom is 0.433 e. The van der Waals surface area contributed by atoms with Crippen LogP contribution in [0.2, 0.25) is 0 Å². The number of oxime groups is 1. The zero-order valence-electron chi connectivity index (χ0n) is 16.7. The first kappa shape index (κ1) is 22.7. The second-order valence-corrected chi connectivity index (χ2v) is 6.61. The number of aliphatic hydroxyl groups excluding tert-OH is 1. The SMILES string of the molecule is CCO/N=C/c1ccc(NC(=O)C2=C(O)C[C@@H](c3ccc(C(F)(F)F)nc3)NC2=O)nc1. The third-order valence-electron chi connectivity index (χ3n) is 4.36. The molecule has 2 amide bonds. The van der Waals surface area contributed by atoms with Crippen LogP contribution in [-0.2, 0) is 20.6 Å². The molecule has 0 unspecified atom stereocenters. The van der Waals surface area contributed by atoms with Crippen LogP contribution < -0.4 is 10.6 Å². The summed E-state index contributed by atoms with van der Waals surface area (Å²) in [4.78, 5) is 37.1. The van der Waals surface area contributed by atoms with Crippen LogP contribution in [-0.4, -0.2) is 39.7 Å². The summed E-state index contributed by atoms with van der Waals surface area (Å²) in [5.41, 5.74) is -0.721. The number of nitrogens with one attached hydrogen (secondary N) is 2. The van der Waals surface area contributed by atoms with Crippen molar-refractivity contribution in [2.45, 2.75) is 25.6 Å². The molecule has 168 valence electrons. The number of hydrogen-bond acceptors (Lipinski definition) is 7. The number of rotatable bonds is 6. The molecule has 0 aliphatic carbocycles. The number of pyridine rings is 2. The summed E-state index contributed by atoms with van der Waals surface area (Å²) in [7, 11) is 0. The lowest BCUT2D eigenvalue weighted by Crippen LogP contribution is -2.39. The summed E-state index contributed by atoms with van der Waals surface area (Å²) in [6.45, 7) is 2.19. The van der Waals surface area contributed by atoms with Crippen molar-refractivity contribution in [1.82, 2.24) is 15.3 Å². The highest BCUT2D eigenvalue weighted by molar-refractivity contribution is 6.23. The van der Waals surface area contributed by atoms with E-state index in [0.29, 0.717) is 12.2 Å². The Kier molecular flexibility index (Phi) is 6.71. The molecule has 2 aromatic rings. The second-order valence-electron chi connectivity index (χ2n) is 6.61. The van der Waals surface area contributed by atoms with Gasteiger partial charge >= 0.3 is 6.18 Å². The number of halogens is 3. The number of carbonyl (C=O) groups is 2. The quantitative estimate of drug-likeness (QED) is 0.354. The van der Waals surface area contributed by atoms with Gasteiger partial charge in [-0.2, -0.15) is 13.2 Å². The molecule has 12 heteroatoms. The predicted molar refractivity (Wildman–Crippen MR) is 106 cm³/mol. The average molecular weight is 449 g/mol. The molecule has 1 aliphatic heterocycles. The molecule has 3 rings (SSSR count). The lowest BCUT2D eigenvalue weighted by atomic mass is 9.97. The van der Waals surface area contributed by atoms with E-state index < -0.39 is 41.1 Å². The second kappa shape index (κ2) is 9.45. The van der Waals surface area contributed by atoms with Crippen LogP contribution in [0.1, 0.15) is 36.2 Å². The smallest absolute Gasteiger partial charge is 0.433 e. The van der Waals surface area contributed by atoms with Gasteiger partial charge in [-0.25, -0.2) is 4.98 Å². The van der Waals surface area contributed by atoms with E-state index in [4.69, 9.17) is 4.84 Å². The third-order valence-corrected chi connectivity index (χ3v) is 4.36. The Hall–Kier alpha value is -3.96. The number of anilines is 1. The van der Waals surface area contributed by atoms with Gasteiger partial charge < -0.3 is 20.6 Å². The van der Waals surface area contributed by atoms with E-state index in [1.165, 1.54) is 18.5 Å². The zero-order valence-corrected chi connectivity index (χ0v) is 16.7. The van der Waals surface area contributed by atoms with E-state index >= 15 is 0 Å². The van der Waals surface area contributed by atoms with Crippen LogP contribution in [0.4, 0.5) is 19.0 Å². The van der Waals surface area contributed by atoms with Crippen LogP contribution in [0.5, 0.6) is 0 Å². The Morgan fingerprint density at radius 3 is 2.66 bits per heavy atom. The van der Waals surface area contributed by atoms with E-state index in [1.807, 2.05) is 0 Å². The van der Waals surface area contributed by atoms with Crippen LogP contribution in [0.15, 0.2) is 53.1 Å². The number of hydrogen-bond donors (Lipinski definition) is 3. The highest BCUT2D eigenvalue weighted by atomic mass is 19.4. The van der Waals surface area contributed by atoms with E-state index in [0.717, 1.165) is 18.3 Å². The fraction of sp³-hybridized carbons (Fsp3) is 0.250. The molecule has 0 radical (unpaired) electrons.